The van der Waals surface area contributed by atoms with E-state index in [1.807, 2.05) is 0 Å². The Morgan fingerprint density at radius 3 is 2.06 bits per heavy atom. The molecule has 1 aliphatic heterocycles. The zero-order valence-electron chi connectivity index (χ0n) is 8.00. The third-order valence-corrected chi connectivity index (χ3v) is 7.74. The molecule has 1 aliphatic rings. The van der Waals surface area contributed by atoms with Crippen LogP contribution in [-0.2, 0) is 19.7 Å². The topological polar surface area (TPSA) is 35.5 Å². The van der Waals surface area contributed by atoms with Crippen LogP contribution in [0, 0.1) is 3.14 Å². The van der Waals surface area contributed by atoms with Gasteiger partial charge in [0.15, 0.2) is 0 Å². The molecule has 0 N–H and O–H groups in total. The Balaban J connectivity index is 2.08. The third kappa shape index (κ3) is 4.05. The second kappa shape index (κ2) is 6.83. The van der Waals surface area contributed by atoms with E-state index in [9.17, 15) is 4.21 Å². The fourth-order valence-electron chi connectivity index (χ4n) is 0.939. The maximum Gasteiger partial charge on any atom is 0.304 e. The van der Waals surface area contributed by atoms with Crippen LogP contribution in [0.1, 0.15) is 0 Å². The molecule has 0 saturated heterocycles. The van der Waals surface area contributed by atoms with Crippen molar-refractivity contribution in [2.45, 2.75) is 8.42 Å². The van der Waals surface area contributed by atoms with E-state index in [2.05, 4.69) is 0 Å². The van der Waals surface area contributed by atoms with Gasteiger partial charge in [0.2, 0.25) is 0 Å². The lowest BCUT2D eigenvalue weighted by molar-refractivity contribution is 0.272. The van der Waals surface area contributed by atoms with Crippen LogP contribution in [0.5, 0.6) is 0 Å². The molecule has 2 heterocycles. The normalized spacial score (nSPS) is 20.0. The first-order valence-electron chi connectivity index (χ1n) is 4.33. The molecule has 0 amide bonds. The zero-order chi connectivity index (χ0) is 11.4. The Morgan fingerprint density at radius 1 is 1.06 bits per heavy atom. The van der Waals surface area contributed by atoms with Gasteiger partial charge in [-0.25, -0.2) is 0 Å². The van der Waals surface area contributed by atoms with Crippen LogP contribution in [0.4, 0.5) is 0 Å². The van der Waals surface area contributed by atoms with Gasteiger partial charge in [-0.3, -0.25) is 8.37 Å². The van der Waals surface area contributed by atoms with Crippen molar-refractivity contribution in [1.29, 1.82) is 0 Å². The Hall–Kier alpha value is 1.04. The van der Waals surface area contributed by atoms with Crippen LogP contribution in [0.15, 0.2) is 8.42 Å². The van der Waals surface area contributed by atoms with Crippen molar-refractivity contribution in [2.24, 2.45) is 0 Å². The lowest BCUT2D eigenvalue weighted by atomic mass is 10.9. The van der Waals surface area contributed by atoms with Crippen LogP contribution >= 0.6 is 58.4 Å². The smallest absolute Gasteiger partial charge is 0.268 e. The third-order valence-electron chi connectivity index (χ3n) is 1.51. The van der Waals surface area contributed by atoms with Gasteiger partial charge in [0, 0.05) is 11.5 Å². The summed E-state index contributed by atoms with van der Waals surface area (Å²) >= 11 is 10.3. The van der Waals surface area contributed by atoms with Gasteiger partial charge in [0.25, 0.3) is 0 Å². The fourth-order valence-corrected chi connectivity index (χ4v) is 7.54. The Morgan fingerprint density at radius 2 is 1.56 bits per heavy atom. The first-order chi connectivity index (χ1) is 7.75. The maximum absolute atomic E-state index is 11.1. The second-order valence-electron chi connectivity index (χ2n) is 2.57. The van der Waals surface area contributed by atoms with Gasteiger partial charge in [-0.15, -0.1) is 46.2 Å². The molecule has 3 nitrogen and oxygen atoms in total. The van der Waals surface area contributed by atoms with Gasteiger partial charge in [-0.05, 0) is 0 Å². The summed E-state index contributed by atoms with van der Waals surface area (Å²) < 4.78 is 24.6. The van der Waals surface area contributed by atoms with E-state index >= 15 is 0 Å². The van der Waals surface area contributed by atoms with Gasteiger partial charge < -0.3 is 0 Å². The van der Waals surface area contributed by atoms with E-state index in [1.165, 1.54) is 8.42 Å². The first-order valence-corrected chi connectivity index (χ1v) is 9.35. The van der Waals surface area contributed by atoms with Crippen molar-refractivity contribution in [1.82, 2.24) is 0 Å². The van der Waals surface area contributed by atoms with Gasteiger partial charge >= 0.3 is 11.4 Å². The molecule has 1 aromatic heterocycles. The van der Waals surface area contributed by atoms with Crippen LogP contribution in [-0.4, -0.2) is 28.9 Å². The second-order valence-corrected chi connectivity index (χ2v) is 9.41. The highest BCUT2D eigenvalue weighted by atomic mass is 32.2. The first kappa shape index (κ1) is 13.5. The summed E-state index contributed by atoms with van der Waals surface area (Å²) in [6, 6.07) is 0. The Kier molecular flexibility index (Phi) is 5.75. The van der Waals surface area contributed by atoms with E-state index in [1.54, 1.807) is 46.2 Å². The molecule has 90 valence electrons. The summed E-state index contributed by atoms with van der Waals surface area (Å²) in [6.07, 6.45) is 0. The molecule has 9 heteroatoms. The molecule has 0 saturated carbocycles. The molecule has 0 aromatic carbocycles. The summed E-state index contributed by atoms with van der Waals surface area (Å²) in [5.41, 5.74) is 0. The fraction of sp³-hybridized carbons (Fsp3) is 0.571. The highest BCUT2D eigenvalue weighted by Crippen LogP contribution is 2.40. The molecule has 0 radical (unpaired) electrons. The minimum absolute atomic E-state index is 0.427. The van der Waals surface area contributed by atoms with Gasteiger partial charge in [0.05, 0.1) is 21.6 Å². The highest BCUT2D eigenvalue weighted by molar-refractivity contribution is 8.05. The average molecular weight is 333 g/mol. The van der Waals surface area contributed by atoms with Crippen LogP contribution < -0.4 is 0 Å². The lowest BCUT2D eigenvalue weighted by Crippen LogP contribution is -2.06. The van der Waals surface area contributed by atoms with Crippen molar-refractivity contribution < 1.29 is 12.6 Å². The van der Waals surface area contributed by atoms with Crippen molar-refractivity contribution >= 4 is 69.8 Å². The Labute approximate surface area is 118 Å². The van der Waals surface area contributed by atoms with E-state index in [0.717, 1.165) is 14.6 Å². The van der Waals surface area contributed by atoms with E-state index < -0.39 is 11.4 Å². The molecule has 0 bridgehead atoms. The molecule has 2 rings (SSSR count). The van der Waals surface area contributed by atoms with Crippen molar-refractivity contribution in [3.8, 4) is 0 Å². The standard InChI is InChI=1S/C7H8O3S6/c8-16-9-1-3-12-5-6(13-4-2-10-16)15-7(11)14-5/h1-4H2. The molecular weight excluding hydrogens is 324 g/mol. The molecular formula is C7H8O3S6. The van der Waals surface area contributed by atoms with E-state index in [0.29, 0.717) is 13.2 Å². The zero-order valence-corrected chi connectivity index (χ0v) is 12.9. The van der Waals surface area contributed by atoms with Crippen LogP contribution in [0.25, 0.3) is 0 Å². The SMILES string of the molecule is O=S1OCCSc2sc(=S)sc2SCCO1. The monoisotopic (exact) mass is 332 g/mol. The summed E-state index contributed by atoms with van der Waals surface area (Å²) in [6.45, 7) is 0.855. The molecule has 0 fully saturated rings. The van der Waals surface area contributed by atoms with Gasteiger partial charge in [-0.1, -0.05) is 12.2 Å². The predicted octanol–water partition coefficient (Wildman–Crippen LogP) is 3.35. The van der Waals surface area contributed by atoms with Crippen LogP contribution in [0.2, 0.25) is 0 Å². The number of rotatable bonds is 0. The number of thioether (sulfide) groups is 2. The average Bonchev–Trinajstić information content (AvgIpc) is 2.58. The molecule has 0 atom stereocenters. The summed E-state index contributed by atoms with van der Waals surface area (Å²) in [5, 5.41) is 0. The summed E-state index contributed by atoms with van der Waals surface area (Å²) in [7, 11) is 0. The van der Waals surface area contributed by atoms with Gasteiger partial charge in [0.1, 0.15) is 3.14 Å². The van der Waals surface area contributed by atoms with E-state index in [4.69, 9.17) is 20.6 Å². The quantitative estimate of drug-likeness (QED) is 0.678. The summed E-state index contributed by atoms with van der Waals surface area (Å²) in [4.78, 5) is 0. The number of hydrogen-bond acceptors (Lipinski definition) is 8. The number of fused-ring (bicyclic) bond motifs is 1. The van der Waals surface area contributed by atoms with Crippen molar-refractivity contribution in [3.63, 3.8) is 0 Å². The van der Waals surface area contributed by atoms with E-state index in [-0.39, 0.29) is 0 Å². The Bertz CT molecular complexity index is 390. The van der Waals surface area contributed by atoms with Crippen molar-refractivity contribution in [2.75, 3.05) is 24.7 Å². The highest BCUT2D eigenvalue weighted by Gasteiger charge is 2.11. The van der Waals surface area contributed by atoms with Crippen molar-refractivity contribution in [3.05, 3.63) is 3.14 Å². The molecule has 1 aromatic rings. The molecule has 16 heavy (non-hydrogen) atoms. The van der Waals surface area contributed by atoms with Gasteiger partial charge in [-0.2, -0.15) is 4.21 Å². The minimum Gasteiger partial charge on any atom is -0.268 e. The predicted molar refractivity (Wildman–Crippen MR) is 74.5 cm³/mol. The van der Waals surface area contributed by atoms with Crippen LogP contribution in [0.3, 0.4) is 0 Å². The molecule has 0 aliphatic carbocycles. The lowest BCUT2D eigenvalue weighted by Gasteiger charge is -2.00. The molecule has 0 unspecified atom stereocenters. The minimum atomic E-state index is -1.59. The summed E-state index contributed by atoms with van der Waals surface area (Å²) in [5.74, 6) is 1.54. The number of hydrogen-bond donors (Lipinski definition) is 0. The largest absolute Gasteiger partial charge is 0.304 e. The maximum atomic E-state index is 11.1. The molecule has 0 spiro atoms.